The van der Waals surface area contributed by atoms with Crippen molar-refractivity contribution in [2.24, 2.45) is 0 Å². The fourth-order valence-electron chi connectivity index (χ4n) is 2.54. The highest BCUT2D eigenvalue weighted by molar-refractivity contribution is 6.53. The maximum Gasteiger partial charge on any atom is 0.234 e. The summed E-state index contributed by atoms with van der Waals surface area (Å²) >= 11 is 0. The Bertz CT molecular complexity index is 757. The topological polar surface area (TPSA) is 54.4 Å². The number of aliphatic hydroxyl groups excluding tert-OH is 1. The van der Waals surface area contributed by atoms with E-state index in [1.54, 1.807) is 18.2 Å². The van der Waals surface area contributed by atoms with Crippen molar-refractivity contribution in [2.45, 2.75) is 6.42 Å². The number of benzene rings is 2. The molecule has 21 heavy (non-hydrogen) atoms. The molecule has 0 amide bonds. The lowest BCUT2D eigenvalue weighted by molar-refractivity contribution is 0.0815. The number of aliphatic hydroxyl groups is 1. The average molecular weight is 278 g/mol. The molecule has 1 aliphatic carbocycles. The van der Waals surface area contributed by atoms with E-state index in [4.69, 9.17) is 5.11 Å². The summed E-state index contributed by atoms with van der Waals surface area (Å²) in [6.45, 7) is 0.108. The fraction of sp³-hybridized carbons (Fsp3) is 0.111. The Balaban J connectivity index is 2.13. The summed E-state index contributed by atoms with van der Waals surface area (Å²) in [4.78, 5) is 24.2. The van der Waals surface area contributed by atoms with E-state index in [0.29, 0.717) is 17.5 Å². The molecule has 3 rings (SSSR count). The first-order valence-corrected chi connectivity index (χ1v) is 6.82. The standard InChI is InChI=1S/C18H14O3/c19-10-4-3-5-12-8-9-15-16(11-12)13-6-1-2-7-14(13)17(20)18(15)21/h1-3,5-9,11,19H,4,10H2. The summed E-state index contributed by atoms with van der Waals surface area (Å²) in [7, 11) is 0. The summed E-state index contributed by atoms with van der Waals surface area (Å²) in [6, 6.07) is 12.6. The molecule has 0 heterocycles. The van der Waals surface area contributed by atoms with Crippen LogP contribution in [0.3, 0.4) is 0 Å². The van der Waals surface area contributed by atoms with Gasteiger partial charge in [0, 0.05) is 17.7 Å². The lowest BCUT2D eigenvalue weighted by atomic mass is 9.83. The first-order valence-electron chi connectivity index (χ1n) is 6.82. The van der Waals surface area contributed by atoms with Gasteiger partial charge in [-0.1, -0.05) is 42.5 Å². The lowest BCUT2D eigenvalue weighted by Crippen LogP contribution is -2.21. The van der Waals surface area contributed by atoms with Crippen LogP contribution in [0.4, 0.5) is 0 Å². The van der Waals surface area contributed by atoms with Crippen molar-refractivity contribution in [1.29, 1.82) is 0 Å². The fourth-order valence-corrected chi connectivity index (χ4v) is 2.54. The van der Waals surface area contributed by atoms with Crippen LogP contribution in [0, 0.1) is 0 Å². The molecule has 1 aliphatic rings. The van der Waals surface area contributed by atoms with Crippen molar-refractivity contribution in [1.82, 2.24) is 0 Å². The van der Waals surface area contributed by atoms with Crippen LogP contribution in [0.1, 0.15) is 32.7 Å². The predicted octanol–water partition coefficient (Wildman–Crippen LogP) is 3.13. The number of hydrogen-bond acceptors (Lipinski definition) is 3. The van der Waals surface area contributed by atoms with E-state index in [0.717, 1.165) is 16.7 Å². The molecule has 0 saturated heterocycles. The molecule has 0 saturated carbocycles. The second-order valence-corrected chi connectivity index (χ2v) is 4.92. The summed E-state index contributed by atoms with van der Waals surface area (Å²) in [5.74, 6) is -0.892. The summed E-state index contributed by atoms with van der Waals surface area (Å²) < 4.78 is 0. The van der Waals surface area contributed by atoms with Gasteiger partial charge in [-0.25, -0.2) is 0 Å². The molecule has 0 spiro atoms. The molecule has 0 bridgehead atoms. The first kappa shape index (κ1) is 13.5. The second-order valence-electron chi connectivity index (χ2n) is 4.92. The second kappa shape index (κ2) is 5.46. The highest BCUT2D eigenvalue weighted by atomic mass is 16.2. The van der Waals surface area contributed by atoms with E-state index in [1.165, 1.54) is 0 Å². The van der Waals surface area contributed by atoms with Gasteiger partial charge in [-0.15, -0.1) is 0 Å². The smallest absolute Gasteiger partial charge is 0.234 e. The van der Waals surface area contributed by atoms with E-state index >= 15 is 0 Å². The Morgan fingerprint density at radius 1 is 0.857 bits per heavy atom. The average Bonchev–Trinajstić information content (AvgIpc) is 2.53. The molecule has 0 radical (unpaired) electrons. The van der Waals surface area contributed by atoms with Gasteiger partial charge in [0.1, 0.15) is 0 Å². The van der Waals surface area contributed by atoms with Crippen LogP contribution in [-0.2, 0) is 0 Å². The van der Waals surface area contributed by atoms with Gasteiger partial charge in [0.15, 0.2) is 0 Å². The molecule has 0 atom stereocenters. The molecular formula is C18H14O3. The third-order valence-electron chi connectivity index (χ3n) is 3.56. The number of rotatable bonds is 3. The minimum atomic E-state index is -0.449. The number of carbonyl (C=O) groups is 2. The minimum absolute atomic E-state index is 0.108. The van der Waals surface area contributed by atoms with Crippen molar-refractivity contribution in [3.05, 3.63) is 65.2 Å². The molecule has 2 aromatic carbocycles. The van der Waals surface area contributed by atoms with Crippen LogP contribution in [0.25, 0.3) is 17.2 Å². The molecule has 2 aromatic rings. The van der Waals surface area contributed by atoms with Crippen LogP contribution in [-0.4, -0.2) is 23.3 Å². The minimum Gasteiger partial charge on any atom is -0.396 e. The monoisotopic (exact) mass is 278 g/mol. The first-order chi connectivity index (χ1) is 10.2. The van der Waals surface area contributed by atoms with Gasteiger partial charge in [0.05, 0.1) is 0 Å². The predicted molar refractivity (Wildman–Crippen MR) is 81.3 cm³/mol. The Kier molecular flexibility index (Phi) is 3.50. The molecule has 0 aromatic heterocycles. The lowest BCUT2D eigenvalue weighted by Gasteiger charge is -2.18. The van der Waals surface area contributed by atoms with E-state index < -0.39 is 11.6 Å². The number of fused-ring (bicyclic) bond motifs is 3. The number of Topliss-reactive ketones (excluding diaryl/α,β-unsaturated/α-hetero) is 2. The number of hydrogen-bond donors (Lipinski definition) is 1. The third-order valence-corrected chi connectivity index (χ3v) is 3.56. The van der Waals surface area contributed by atoms with Gasteiger partial charge >= 0.3 is 0 Å². The van der Waals surface area contributed by atoms with Gasteiger partial charge in [0.2, 0.25) is 11.6 Å². The van der Waals surface area contributed by atoms with Gasteiger partial charge in [-0.05, 0) is 35.2 Å². The van der Waals surface area contributed by atoms with Crippen LogP contribution >= 0.6 is 0 Å². The Hall–Kier alpha value is -2.52. The van der Waals surface area contributed by atoms with Gasteiger partial charge in [0.25, 0.3) is 0 Å². The Morgan fingerprint density at radius 2 is 1.52 bits per heavy atom. The Labute approximate surface area is 122 Å². The zero-order valence-electron chi connectivity index (χ0n) is 11.4. The van der Waals surface area contributed by atoms with E-state index in [1.807, 2.05) is 36.4 Å². The maximum atomic E-state index is 12.2. The quantitative estimate of drug-likeness (QED) is 0.878. The zero-order chi connectivity index (χ0) is 14.8. The van der Waals surface area contributed by atoms with Crippen molar-refractivity contribution < 1.29 is 14.7 Å². The van der Waals surface area contributed by atoms with Crippen LogP contribution in [0.15, 0.2) is 48.5 Å². The molecule has 0 aliphatic heterocycles. The number of carbonyl (C=O) groups excluding carboxylic acids is 2. The molecule has 104 valence electrons. The summed E-state index contributed by atoms with van der Waals surface area (Å²) in [5, 5.41) is 8.80. The summed E-state index contributed by atoms with van der Waals surface area (Å²) in [5.41, 5.74) is 3.46. The Morgan fingerprint density at radius 3 is 2.24 bits per heavy atom. The van der Waals surface area contributed by atoms with E-state index in [2.05, 4.69) is 0 Å². The molecule has 0 fully saturated rings. The van der Waals surface area contributed by atoms with Crippen LogP contribution < -0.4 is 0 Å². The summed E-state index contributed by atoms with van der Waals surface area (Å²) in [6.07, 6.45) is 4.37. The number of ketones is 2. The van der Waals surface area contributed by atoms with E-state index in [-0.39, 0.29) is 6.61 Å². The normalized spacial score (nSPS) is 13.4. The van der Waals surface area contributed by atoms with Crippen molar-refractivity contribution in [3.8, 4) is 11.1 Å². The van der Waals surface area contributed by atoms with Crippen LogP contribution in [0.5, 0.6) is 0 Å². The SMILES string of the molecule is O=C1C(=O)c2ccc(C=CCCO)cc2-c2ccccc21. The molecule has 0 unspecified atom stereocenters. The van der Waals surface area contributed by atoms with E-state index in [9.17, 15) is 9.59 Å². The molecule has 1 N–H and O–H groups in total. The van der Waals surface area contributed by atoms with Crippen LogP contribution in [0.2, 0.25) is 0 Å². The zero-order valence-corrected chi connectivity index (χ0v) is 11.4. The van der Waals surface area contributed by atoms with Crippen molar-refractivity contribution >= 4 is 17.6 Å². The van der Waals surface area contributed by atoms with Crippen molar-refractivity contribution in [2.75, 3.05) is 6.61 Å². The molecule has 3 heteroatoms. The highest BCUT2D eigenvalue weighted by Crippen LogP contribution is 2.34. The van der Waals surface area contributed by atoms with Gasteiger partial charge < -0.3 is 5.11 Å². The maximum absolute atomic E-state index is 12.2. The largest absolute Gasteiger partial charge is 0.396 e. The third kappa shape index (κ3) is 2.32. The van der Waals surface area contributed by atoms with Gasteiger partial charge in [-0.2, -0.15) is 0 Å². The molecular weight excluding hydrogens is 264 g/mol. The highest BCUT2D eigenvalue weighted by Gasteiger charge is 2.29. The van der Waals surface area contributed by atoms with Gasteiger partial charge in [-0.3, -0.25) is 9.59 Å². The molecule has 3 nitrogen and oxygen atoms in total. The van der Waals surface area contributed by atoms with Crippen molar-refractivity contribution in [3.63, 3.8) is 0 Å².